The van der Waals surface area contributed by atoms with Gasteiger partial charge in [0.1, 0.15) is 0 Å². The Morgan fingerprint density at radius 1 is 1.15 bits per heavy atom. The van der Waals surface area contributed by atoms with Crippen molar-refractivity contribution in [3.63, 3.8) is 0 Å². The fraction of sp³-hybridized carbons (Fsp3) is 0.571. The Bertz CT molecular complexity index is 474. The van der Waals surface area contributed by atoms with Crippen LogP contribution < -0.4 is 5.32 Å². The largest absolute Gasteiger partial charge is 0.380 e. The van der Waals surface area contributed by atoms with Gasteiger partial charge in [-0.05, 0) is 30.7 Å². The molecule has 6 heteroatoms. The van der Waals surface area contributed by atoms with Crippen molar-refractivity contribution in [1.82, 2.24) is 5.32 Å². The van der Waals surface area contributed by atoms with Gasteiger partial charge >= 0.3 is 0 Å². The van der Waals surface area contributed by atoms with Crippen molar-refractivity contribution in [3.05, 3.63) is 28.7 Å². The van der Waals surface area contributed by atoms with E-state index in [-0.39, 0.29) is 5.75 Å². The number of halogens is 1. The number of rotatable bonds is 10. The van der Waals surface area contributed by atoms with Crippen molar-refractivity contribution in [3.8, 4) is 0 Å². The third-order valence-corrected chi connectivity index (χ3v) is 5.05. The van der Waals surface area contributed by atoms with Gasteiger partial charge in [-0.1, -0.05) is 29.3 Å². The first kappa shape index (κ1) is 17.6. The Hall–Kier alpha value is -0.430. The molecule has 0 saturated carbocycles. The molecule has 0 aromatic heterocycles. The Kier molecular flexibility index (Phi) is 8.37. The fourth-order valence-corrected chi connectivity index (χ4v) is 3.05. The topological polar surface area (TPSA) is 55.4 Å². The lowest BCUT2D eigenvalue weighted by Gasteiger charge is -2.07. The number of ether oxygens (including phenoxy) is 1. The van der Waals surface area contributed by atoms with E-state index in [2.05, 4.69) is 28.2 Å². The predicted molar refractivity (Wildman–Crippen MR) is 84.8 cm³/mol. The van der Waals surface area contributed by atoms with Crippen LogP contribution >= 0.6 is 15.9 Å². The number of hydrogen-bond acceptors (Lipinski definition) is 4. The van der Waals surface area contributed by atoms with Crippen molar-refractivity contribution in [2.75, 3.05) is 32.1 Å². The third kappa shape index (κ3) is 6.83. The summed E-state index contributed by atoms with van der Waals surface area (Å²) in [5.41, 5.74) is 0. The molecule has 114 valence electrons. The van der Waals surface area contributed by atoms with Crippen molar-refractivity contribution in [2.24, 2.45) is 0 Å². The minimum absolute atomic E-state index is 0.101. The molecule has 1 rings (SSSR count). The molecule has 0 amide bonds. The molecule has 0 bridgehead atoms. The average Bonchev–Trinajstić information content (AvgIpc) is 2.42. The molecule has 1 aromatic carbocycles. The summed E-state index contributed by atoms with van der Waals surface area (Å²) in [6.45, 7) is 4.64. The number of nitrogens with one attached hydrogen (secondary N) is 1. The second kappa shape index (κ2) is 9.50. The maximum absolute atomic E-state index is 12.0. The summed E-state index contributed by atoms with van der Waals surface area (Å²) in [5, 5.41) is 3.09. The van der Waals surface area contributed by atoms with Gasteiger partial charge in [-0.15, -0.1) is 0 Å². The molecule has 0 aliphatic rings. The van der Waals surface area contributed by atoms with Gasteiger partial charge in [0, 0.05) is 24.2 Å². The molecule has 0 radical (unpaired) electrons. The monoisotopic (exact) mass is 363 g/mol. The van der Waals surface area contributed by atoms with Crippen LogP contribution in [0.4, 0.5) is 0 Å². The highest BCUT2D eigenvalue weighted by molar-refractivity contribution is 9.10. The highest BCUT2D eigenvalue weighted by Gasteiger charge is 2.13. The first-order chi connectivity index (χ1) is 9.56. The Balaban J connectivity index is 2.22. The fourth-order valence-electron chi connectivity index (χ4n) is 1.58. The lowest BCUT2D eigenvalue weighted by Crippen LogP contribution is -2.26. The summed E-state index contributed by atoms with van der Waals surface area (Å²) in [4.78, 5) is 0.363. The summed E-state index contributed by atoms with van der Waals surface area (Å²) >= 11 is 3.29. The molecule has 0 saturated heterocycles. The van der Waals surface area contributed by atoms with Gasteiger partial charge < -0.3 is 10.1 Å². The summed E-state index contributed by atoms with van der Waals surface area (Å²) in [7, 11) is -3.20. The molecule has 0 atom stereocenters. The van der Waals surface area contributed by atoms with Crippen LogP contribution in [0.25, 0.3) is 0 Å². The SMILES string of the molecule is CCCCOCCNCCS(=O)(=O)c1ccc(Br)cc1. The smallest absolute Gasteiger partial charge is 0.179 e. The second-order valence-corrected chi connectivity index (χ2v) is 7.51. The lowest BCUT2D eigenvalue weighted by molar-refractivity contribution is 0.133. The molecule has 0 unspecified atom stereocenters. The van der Waals surface area contributed by atoms with E-state index in [1.165, 1.54) is 0 Å². The third-order valence-electron chi connectivity index (χ3n) is 2.79. The van der Waals surface area contributed by atoms with Crippen LogP contribution in [0.5, 0.6) is 0 Å². The van der Waals surface area contributed by atoms with Gasteiger partial charge in [0.15, 0.2) is 9.84 Å². The average molecular weight is 364 g/mol. The minimum atomic E-state index is -3.20. The van der Waals surface area contributed by atoms with Crippen LogP contribution in [0, 0.1) is 0 Å². The standard InChI is InChI=1S/C14H22BrNO3S/c1-2-3-10-19-11-8-16-9-12-20(17,18)14-6-4-13(15)5-7-14/h4-7,16H,2-3,8-12H2,1H3. The molecule has 1 N–H and O–H groups in total. The van der Waals surface area contributed by atoms with Gasteiger partial charge in [-0.2, -0.15) is 0 Å². The second-order valence-electron chi connectivity index (χ2n) is 4.49. The zero-order valence-corrected chi connectivity index (χ0v) is 14.2. The first-order valence-corrected chi connectivity index (χ1v) is 9.27. The van der Waals surface area contributed by atoms with Gasteiger partial charge in [0.05, 0.1) is 17.3 Å². The Morgan fingerprint density at radius 3 is 2.50 bits per heavy atom. The normalized spacial score (nSPS) is 11.7. The van der Waals surface area contributed by atoms with Crippen LogP contribution in [0.15, 0.2) is 33.6 Å². The van der Waals surface area contributed by atoms with Crippen molar-refractivity contribution in [1.29, 1.82) is 0 Å². The highest BCUT2D eigenvalue weighted by atomic mass is 79.9. The molecule has 0 fully saturated rings. The van der Waals surface area contributed by atoms with Crippen LogP contribution in [0.3, 0.4) is 0 Å². The Morgan fingerprint density at radius 2 is 1.85 bits per heavy atom. The molecule has 20 heavy (non-hydrogen) atoms. The maximum Gasteiger partial charge on any atom is 0.179 e. The van der Waals surface area contributed by atoms with Crippen molar-refractivity contribution >= 4 is 25.8 Å². The number of unbranched alkanes of at least 4 members (excludes halogenated alkanes) is 1. The molecule has 0 heterocycles. The summed E-state index contributed by atoms with van der Waals surface area (Å²) in [6.07, 6.45) is 2.19. The lowest BCUT2D eigenvalue weighted by atomic mass is 10.4. The van der Waals surface area contributed by atoms with Gasteiger partial charge in [-0.25, -0.2) is 8.42 Å². The van der Waals surface area contributed by atoms with E-state index in [1.807, 2.05) is 0 Å². The van der Waals surface area contributed by atoms with Gasteiger partial charge in [0.2, 0.25) is 0 Å². The van der Waals surface area contributed by atoms with E-state index in [9.17, 15) is 8.42 Å². The summed E-state index contributed by atoms with van der Waals surface area (Å²) in [6, 6.07) is 6.71. The summed E-state index contributed by atoms with van der Waals surface area (Å²) in [5.74, 6) is 0.101. The summed E-state index contributed by atoms with van der Waals surface area (Å²) < 4.78 is 30.3. The molecule has 4 nitrogen and oxygen atoms in total. The minimum Gasteiger partial charge on any atom is -0.380 e. The first-order valence-electron chi connectivity index (χ1n) is 6.83. The molecule has 0 aliphatic heterocycles. The zero-order chi connectivity index (χ0) is 14.8. The van der Waals surface area contributed by atoms with Crippen LogP contribution in [-0.2, 0) is 14.6 Å². The van der Waals surface area contributed by atoms with Crippen molar-refractivity contribution in [2.45, 2.75) is 24.7 Å². The van der Waals surface area contributed by atoms with Crippen LogP contribution in [-0.4, -0.2) is 40.5 Å². The zero-order valence-electron chi connectivity index (χ0n) is 11.8. The van der Waals surface area contributed by atoms with E-state index < -0.39 is 9.84 Å². The number of sulfone groups is 1. The van der Waals surface area contributed by atoms with Gasteiger partial charge in [-0.3, -0.25) is 0 Å². The van der Waals surface area contributed by atoms with Crippen LogP contribution in [0.2, 0.25) is 0 Å². The van der Waals surface area contributed by atoms with E-state index in [4.69, 9.17) is 4.74 Å². The molecule has 0 aliphatic carbocycles. The molecule has 0 spiro atoms. The van der Waals surface area contributed by atoms with E-state index in [0.717, 1.165) is 23.9 Å². The Labute approximate surface area is 130 Å². The quantitative estimate of drug-likeness (QED) is 0.649. The van der Waals surface area contributed by atoms with Crippen molar-refractivity contribution < 1.29 is 13.2 Å². The van der Waals surface area contributed by atoms with E-state index in [0.29, 0.717) is 24.6 Å². The highest BCUT2D eigenvalue weighted by Crippen LogP contribution is 2.15. The number of benzene rings is 1. The van der Waals surface area contributed by atoms with Crippen LogP contribution in [0.1, 0.15) is 19.8 Å². The predicted octanol–water partition coefficient (Wildman–Crippen LogP) is 2.63. The number of hydrogen-bond donors (Lipinski definition) is 1. The molecular formula is C14H22BrNO3S. The molecular weight excluding hydrogens is 342 g/mol. The maximum atomic E-state index is 12.0. The van der Waals surface area contributed by atoms with Gasteiger partial charge in [0.25, 0.3) is 0 Å². The van der Waals surface area contributed by atoms with E-state index in [1.54, 1.807) is 24.3 Å². The van der Waals surface area contributed by atoms with E-state index >= 15 is 0 Å². The molecule has 1 aromatic rings.